The summed E-state index contributed by atoms with van der Waals surface area (Å²) >= 11 is 1.69. The van der Waals surface area contributed by atoms with Gasteiger partial charge in [0.25, 0.3) is 0 Å². The Balaban J connectivity index is 2.08. The molecule has 0 unspecified atom stereocenters. The highest BCUT2D eigenvalue weighted by molar-refractivity contribution is 7.11. The molecule has 0 aliphatic carbocycles. The molecule has 1 saturated heterocycles. The van der Waals surface area contributed by atoms with Crippen LogP contribution in [0, 0.1) is 0 Å². The lowest BCUT2D eigenvalue weighted by Crippen LogP contribution is -2.21. The van der Waals surface area contributed by atoms with Crippen molar-refractivity contribution in [3.8, 4) is 0 Å². The smallest absolute Gasteiger partial charge is 0.0951 e. The van der Waals surface area contributed by atoms with Gasteiger partial charge in [0.2, 0.25) is 0 Å². The molecule has 1 aliphatic rings. The Labute approximate surface area is 120 Å². The maximum Gasteiger partial charge on any atom is 0.0951 e. The van der Waals surface area contributed by atoms with Crippen molar-refractivity contribution in [2.45, 2.75) is 58.5 Å². The van der Waals surface area contributed by atoms with Crippen molar-refractivity contribution < 1.29 is 5.11 Å². The zero-order valence-corrected chi connectivity index (χ0v) is 13.4. The number of nitrogens with zero attached hydrogens (tertiary/aromatic N) is 2. The third kappa shape index (κ3) is 3.77. The summed E-state index contributed by atoms with van der Waals surface area (Å²) in [5.41, 5.74) is 0.303. The molecule has 0 saturated carbocycles. The van der Waals surface area contributed by atoms with Crippen LogP contribution in [0.1, 0.15) is 62.0 Å². The molecule has 0 spiro atoms. The Morgan fingerprint density at radius 2 is 1.95 bits per heavy atom. The molecular weight excluding hydrogens is 256 g/mol. The Hall–Kier alpha value is -0.450. The maximum atomic E-state index is 10.3. The molecule has 108 valence electrons. The molecule has 0 amide bonds. The number of thiazole rings is 1. The molecular formula is C15H26N2OS. The van der Waals surface area contributed by atoms with Crippen LogP contribution in [-0.2, 0) is 12.0 Å². The first-order chi connectivity index (χ1) is 8.88. The van der Waals surface area contributed by atoms with Crippen molar-refractivity contribution in [3.63, 3.8) is 0 Å². The predicted molar refractivity (Wildman–Crippen MR) is 80.8 cm³/mol. The van der Waals surface area contributed by atoms with Crippen molar-refractivity contribution in [3.05, 3.63) is 15.6 Å². The number of aromatic nitrogens is 1. The van der Waals surface area contributed by atoms with Gasteiger partial charge in [0.15, 0.2) is 0 Å². The average Bonchev–Trinajstić information content (AvgIpc) is 2.94. The van der Waals surface area contributed by atoms with E-state index in [1.165, 1.54) is 30.9 Å². The molecule has 0 atom stereocenters. The second kappa shape index (κ2) is 5.90. The van der Waals surface area contributed by atoms with E-state index in [-0.39, 0.29) is 0 Å². The van der Waals surface area contributed by atoms with Gasteiger partial charge in [-0.25, -0.2) is 4.98 Å². The van der Waals surface area contributed by atoms with Gasteiger partial charge in [-0.05, 0) is 45.7 Å². The first-order valence-electron chi connectivity index (χ1n) is 7.32. The lowest BCUT2D eigenvalue weighted by atomic mass is 10.0. The van der Waals surface area contributed by atoms with Crippen LogP contribution in [0.5, 0.6) is 0 Å². The van der Waals surface area contributed by atoms with Crippen LogP contribution in [-0.4, -0.2) is 34.6 Å². The van der Waals surface area contributed by atoms with Crippen molar-refractivity contribution in [1.82, 2.24) is 9.88 Å². The lowest BCUT2D eigenvalue weighted by molar-refractivity contribution is 0.0811. The SMILES string of the molecule is CC(C)c1nc(CCN2CCCC2)sc1C(C)(C)O. The predicted octanol–water partition coefficient (Wildman–Crippen LogP) is 3.13. The van der Waals surface area contributed by atoms with Crippen molar-refractivity contribution in [2.24, 2.45) is 0 Å². The van der Waals surface area contributed by atoms with Crippen LogP contribution < -0.4 is 0 Å². The van der Waals surface area contributed by atoms with E-state index in [2.05, 4.69) is 18.7 Å². The van der Waals surface area contributed by atoms with Gasteiger partial charge in [0, 0.05) is 13.0 Å². The highest BCUT2D eigenvalue weighted by Gasteiger charge is 2.26. The third-order valence-electron chi connectivity index (χ3n) is 3.64. The number of hydrogen-bond donors (Lipinski definition) is 1. The Bertz CT molecular complexity index is 414. The van der Waals surface area contributed by atoms with Gasteiger partial charge in [-0.2, -0.15) is 0 Å². The minimum atomic E-state index is -0.775. The van der Waals surface area contributed by atoms with E-state index in [0.29, 0.717) is 5.92 Å². The molecule has 19 heavy (non-hydrogen) atoms. The molecule has 4 heteroatoms. The van der Waals surface area contributed by atoms with Crippen molar-refractivity contribution >= 4 is 11.3 Å². The monoisotopic (exact) mass is 282 g/mol. The van der Waals surface area contributed by atoms with Crippen molar-refractivity contribution in [1.29, 1.82) is 0 Å². The molecule has 1 N–H and O–H groups in total. The van der Waals surface area contributed by atoms with Gasteiger partial charge >= 0.3 is 0 Å². The van der Waals surface area contributed by atoms with E-state index >= 15 is 0 Å². The zero-order valence-electron chi connectivity index (χ0n) is 12.6. The molecule has 3 nitrogen and oxygen atoms in total. The van der Waals surface area contributed by atoms with Gasteiger partial charge in [0.1, 0.15) is 0 Å². The fourth-order valence-electron chi connectivity index (χ4n) is 2.57. The fraction of sp³-hybridized carbons (Fsp3) is 0.800. The summed E-state index contributed by atoms with van der Waals surface area (Å²) in [5, 5.41) is 11.4. The summed E-state index contributed by atoms with van der Waals surface area (Å²) in [5.74, 6) is 0.373. The molecule has 1 aliphatic heterocycles. The van der Waals surface area contributed by atoms with Gasteiger partial charge < -0.3 is 10.0 Å². The largest absolute Gasteiger partial charge is 0.385 e. The van der Waals surface area contributed by atoms with E-state index in [4.69, 9.17) is 4.98 Å². The van der Waals surface area contributed by atoms with Gasteiger partial charge in [-0.3, -0.25) is 0 Å². The Morgan fingerprint density at radius 3 is 2.42 bits per heavy atom. The van der Waals surface area contributed by atoms with Gasteiger partial charge in [-0.1, -0.05) is 13.8 Å². The first-order valence-corrected chi connectivity index (χ1v) is 8.14. The van der Waals surface area contributed by atoms with Crippen LogP contribution in [0.4, 0.5) is 0 Å². The second-order valence-electron chi connectivity index (χ2n) is 6.33. The average molecular weight is 282 g/mol. The Morgan fingerprint density at radius 1 is 1.32 bits per heavy atom. The van der Waals surface area contributed by atoms with Crippen LogP contribution in [0.3, 0.4) is 0 Å². The maximum absolute atomic E-state index is 10.3. The van der Waals surface area contributed by atoms with E-state index in [1.807, 2.05) is 13.8 Å². The molecule has 0 bridgehead atoms. The Kier molecular flexibility index (Phi) is 4.64. The number of rotatable bonds is 5. The molecule has 1 fully saturated rings. The number of aliphatic hydroxyl groups is 1. The van der Waals surface area contributed by atoms with E-state index in [0.717, 1.165) is 23.5 Å². The molecule has 1 aromatic heterocycles. The van der Waals surface area contributed by atoms with Gasteiger partial charge in [-0.15, -0.1) is 11.3 Å². The van der Waals surface area contributed by atoms with E-state index in [1.54, 1.807) is 11.3 Å². The molecule has 1 aromatic rings. The summed E-state index contributed by atoms with van der Waals surface area (Å²) in [6, 6.07) is 0. The zero-order chi connectivity index (χ0) is 14.0. The molecule has 0 radical (unpaired) electrons. The topological polar surface area (TPSA) is 36.4 Å². The van der Waals surface area contributed by atoms with Crippen molar-refractivity contribution in [2.75, 3.05) is 19.6 Å². The highest BCUT2D eigenvalue weighted by atomic mass is 32.1. The van der Waals surface area contributed by atoms with E-state index < -0.39 is 5.60 Å². The summed E-state index contributed by atoms with van der Waals surface area (Å²) < 4.78 is 0. The fourth-order valence-corrected chi connectivity index (χ4v) is 3.78. The molecule has 2 rings (SSSR count). The summed E-state index contributed by atoms with van der Waals surface area (Å²) in [6.07, 6.45) is 3.69. The molecule has 0 aromatic carbocycles. The minimum Gasteiger partial charge on any atom is -0.385 e. The first kappa shape index (κ1) is 14.9. The van der Waals surface area contributed by atoms with Gasteiger partial charge in [0.05, 0.1) is 21.2 Å². The highest BCUT2D eigenvalue weighted by Crippen LogP contribution is 2.34. The second-order valence-corrected chi connectivity index (χ2v) is 7.42. The third-order valence-corrected chi connectivity index (χ3v) is 5.08. The van der Waals surface area contributed by atoms with Crippen LogP contribution >= 0.6 is 11.3 Å². The normalized spacial score (nSPS) is 17.6. The van der Waals surface area contributed by atoms with Crippen LogP contribution in [0.15, 0.2) is 0 Å². The standard InChI is InChI=1S/C15H26N2OS/c1-11(2)13-14(15(3,4)18)19-12(16-13)7-10-17-8-5-6-9-17/h11,18H,5-10H2,1-4H3. The number of hydrogen-bond acceptors (Lipinski definition) is 4. The van der Waals surface area contributed by atoms with E-state index in [9.17, 15) is 5.11 Å². The minimum absolute atomic E-state index is 0.373. The quantitative estimate of drug-likeness (QED) is 0.901. The lowest BCUT2D eigenvalue weighted by Gasteiger charge is -2.17. The summed E-state index contributed by atoms with van der Waals surface area (Å²) in [4.78, 5) is 8.32. The summed E-state index contributed by atoms with van der Waals surface area (Å²) in [6.45, 7) is 11.6. The van der Waals surface area contributed by atoms with Crippen LogP contribution in [0.2, 0.25) is 0 Å². The van der Waals surface area contributed by atoms with Crippen LogP contribution in [0.25, 0.3) is 0 Å². The molecule has 2 heterocycles. The number of likely N-dealkylation sites (tertiary alicyclic amines) is 1. The summed E-state index contributed by atoms with van der Waals surface area (Å²) in [7, 11) is 0.